The van der Waals surface area contributed by atoms with E-state index in [0.29, 0.717) is 12.2 Å². The lowest BCUT2D eigenvalue weighted by Crippen LogP contribution is -2.15. The molecule has 2 aromatic carbocycles. The first-order valence-electron chi connectivity index (χ1n) is 7.04. The zero-order chi connectivity index (χ0) is 15.8. The average molecular weight is 318 g/mol. The maximum absolute atomic E-state index is 12.8. The summed E-state index contributed by atoms with van der Waals surface area (Å²) in [5.74, 6) is -0.115. The van der Waals surface area contributed by atoms with E-state index < -0.39 is 14.7 Å². The molecule has 0 bridgehead atoms. The van der Waals surface area contributed by atoms with Gasteiger partial charge in [0.15, 0.2) is 11.9 Å². The fourth-order valence-corrected chi connectivity index (χ4v) is 2.81. The molecule has 4 nitrogen and oxygen atoms in total. The Morgan fingerprint density at radius 2 is 1.64 bits per heavy atom. The van der Waals surface area contributed by atoms with Crippen LogP contribution in [0.3, 0.4) is 0 Å². The molecule has 0 heterocycles. The molecule has 0 aliphatic rings. The molecule has 2 atom stereocenters. The Morgan fingerprint density at radius 3 is 2.18 bits per heavy atom. The highest BCUT2D eigenvalue weighted by atomic mass is 31.2. The molecule has 0 aromatic heterocycles. The van der Waals surface area contributed by atoms with Crippen molar-refractivity contribution in [2.45, 2.75) is 13.0 Å². The van der Waals surface area contributed by atoms with Crippen LogP contribution in [0.1, 0.15) is 28.9 Å². The lowest BCUT2D eigenvalue weighted by molar-refractivity contribution is 0.0726. The van der Waals surface area contributed by atoms with Crippen molar-refractivity contribution in [3.63, 3.8) is 0 Å². The zero-order valence-electron chi connectivity index (χ0n) is 12.6. The Balaban J connectivity index is 2.27. The van der Waals surface area contributed by atoms with Gasteiger partial charge >= 0.3 is 8.60 Å². The maximum Gasteiger partial charge on any atom is 0.333 e. The van der Waals surface area contributed by atoms with Gasteiger partial charge in [-0.25, -0.2) is 0 Å². The molecule has 2 rings (SSSR count). The number of ketones is 1. The van der Waals surface area contributed by atoms with Crippen LogP contribution in [0.2, 0.25) is 0 Å². The predicted octanol–water partition coefficient (Wildman–Crippen LogP) is 4.54. The van der Waals surface area contributed by atoms with Crippen molar-refractivity contribution >= 4 is 14.4 Å². The van der Waals surface area contributed by atoms with E-state index in [1.54, 1.807) is 12.1 Å². The number of hydrogen-bond acceptors (Lipinski definition) is 4. The van der Waals surface area contributed by atoms with Crippen molar-refractivity contribution in [1.82, 2.24) is 0 Å². The molecule has 2 unspecified atom stereocenters. The Hall–Kier alpha value is -1.58. The third-order valence-corrected chi connectivity index (χ3v) is 4.12. The van der Waals surface area contributed by atoms with Crippen LogP contribution in [0.4, 0.5) is 0 Å². The van der Waals surface area contributed by atoms with Gasteiger partial charge in [0.1, 0.15) is 0 Å². The Kier molecular flexibility index (Phi) is 6.69. The predicted molar refractivity (Wildman–Crippen MR) is 86.6 cm³/mol. The highest BCUT2D eigenvalue weighted by molar-refractivity contribution is 7.41. The van der Waals surface area contributed by atoms with E-state index in [4.69, 9.17) is 13.6 Å². The SMILES string of the molecule is CCOP(OC)OC(C(=O)c1ccccc1)c1ccccc1. The van der Waals surface area contributed by atoms with Gasteiger partial charge in [-0.1, -0.05) is 60.7 Å². The van der Waals surface area contributed by atoms with Crippen LogP contribution >= 0.6 is 8.60 Å². The molecule has 0 N–H and O–H groups in total. The molecule has 0 saturated heterocycles. The summed E-state index contributed by atoms with van der Waals surface area (Å²) < 4.78 is 16.4. The standard InChI is InChI=1S/C17H19O4P/c1-3-20-22(19-2)21-17(15-12-8-5-9-13-15)16(18)14-10-6-4-7-11-14/h4-13,17H,3H2,1-2H3. The first-order chi connectivity index (χ1) is 10.8. The Bertz CT molecular complexity index is 574. The topological polar surface area (TPSA) is 44.8 Å². The number of carbonyl (C=O) groups excluding carboxylic acids is 1. The van der Waals surface area contributed by atoms with Crippen LogP contribution in [0, 0.1) is 0 Å². The number of carbonyl (C=O) groups is 1. The summed E-state index contributed by atoms with van der Waals surface area (Å²) in [6.45, 7) is 2.31. The van der Waals surface area contributed by atoms with Crippen molar-refractivity contribution < 1.29 is 18.4 Å². The fraction of sp³-hybridized carbons (Fsp3) is 0.235. The van der Waals surface area contributed by atoms with Crippen molar-refractivity contribution in [3.05, 3.63) is 71.8 Å². The smallest absolute Gasteiger partial charge is 0.316 e. The number of Topliss-reactive ketones (excluding diaryl/α,β-unsaturated/α-hetero) is 1. The zero-order valence-corrected chi connectivity index (χ0v) is 13.5. The molecule has 0 radical (unpaired) electrons. The van der Waals surface area contributed by atoms with E-state index in [-0.39, 0.29) is 5.78 Å². The van der Waals surface area contributed by atoms with Crippen LogP contribution < -0.4 is 0 Å². The third-order valence-electron chi connectivity index (χ3n) is 2.97. The molecular formula is C17H19O4P. The molecule has 2 aromatic rings. The second kappa shape index (κ2) is 8.76. The van der Waals surface area contributed by atoms with Crippen LogP contribution in [-0.2, 0) is 13.6 Å². The van der Waals surface area contributed by atoms with E-state index in [0.717, 1.165) is 5.56 Å². The van der Waals surface area contributed by atoms with Gasteiger partial charge in [0.25, 0.3) is 0 Å². The second-order valence-electron chi connectivity index (χ2n) is 4.45. The summed E-state index contributed by atoms with van der Waals surface area (Å²) in [7, 11) is -0.0549. The average Bonchev–Trinajstić information content (AvgIpc) is 2.59. The van der Waals surface area contributed by atoms with Crippen molar-refractivity contribution in [2.75, 3.05) is 13.7 Å². The summed E-state index contributed by atoms with van der Waals surface area (Å²) in [6, 6.07) is 18.5. The van der Waals surface area contributed by atoms with E-state index in [9.17, 15) is 4.79 Å². The van der Waals surface area contributed by atoms with Gasteiger partial charge in [-0.05, 0) is 12.5 Å². The number of hydrogen-bond donors (Lipinski definition) is 0. The third kappa shape index (κ3) is 4.46. The molecule has 0 aliphatic carbocycles. The van der Waals surface area contributed by atoms with Crippen molar-refractivity contribution in [3.8, 4) is 0 Å². The van der Waals surface area contributed by atoms with E-state index in [1.807, 2.05) is 55.5 Å². The molecule has 22 heavy (non-hydrogen) atoms. The molecule has 0 fully saturated rings. The quantitative estimate of drug-likeness (QED) is 0.529. The first kappa shape index (κ1) is 16.8. The van der Waals surface area contributed by atoms with Crippen LogP contribution in [0.5, 0.6) is 0 Å². The molecule has 0 amide bonds. The maximum atomic E-state index is 12.8. The van der Waals surface area contributed by atoms with Crippen LogP contribution in [-0.4, -0.2) is 19.5 Å². The highest BCUT2D eigenvalue weighted by Gasteiger charge is 2.27. The Labute approximate surface area is 132 Å². The van der Waals surface area contributed by atoms with E-state index in [2.05, 4.69) is 0 Å². The van der Waals surface area contributed by atoms with Crippen molar-refractivity contribution in [2.24, 2.45) is 0 Å². The summed E-state index contributed by atoms with van der Waals surface area (Å²) in [4.78, 5) is 12.8. The molecule has 116 valence electrons. The monoisotopic (exact) mass is 318 g/mol. The minimum absolute atomic E-state index is 0.115. The molecular weight excluding hydrogens is 299 g/mol. The summed E-state index contributed by atoms with van der Waals surface area (Å²) in [5, 5.41) is 0. The van der Waals surface area contributed by atoms with Gasteiger partial charge in [-0.15, -0.1) is 0 Å². The number of rotatable bonds is 8. The lowest BCUT2D eigenvalue weighted by atomic mass is 10.0. The summed E-state index contributed by atoms with van der Waals surface area (Å²) >= 11 is 0. The van der Waals surface area contributed by atoms with E-state index >= 15 is 0 Å². The van der Waals surface area contributed by atoms with Crippen molar-refractivity contribution in [1.29, 1.82) is 0 Å². The minimum Gasteiger partial charge on any atom is -0.316 e. The summed E-state index contributed by atoms with van der Waals surface area (Å²) in [6.07, 6.45) is -0.749. The normalized spacial score (nSPS) is 13.5. The van der Waals surface area contributed by atoms with E-state index in [1.165, 1.54) is 7.11 Å². The number of benzene rings is 2. The Morgan fingerprint density at radius 1 is 1.05 bits per heavy atom. The van der Waals surface area contributed by atoms with Gasteiger partial charge in [0.05, 0.1) is 6.61 Å². The molecule has 0 aliphatic heterocycles. The molecule has 0 saturated carbocycles. The highest BCUT2D eigenvalue weighted by Crippen LogP contribution is 2.44. The first-order valence-corrected chi connectivity index (χ1v) is 8.14. The minimum atomic E-state index is -1.57. The summed E-state index contributed by atoms with van der Waals surface area (Å²) in [5.41, 5.74) is 1.37. The lowest BCUT2D eigenvalue weighted by Gasteiger charge is -2.21. The van der Waals surface area contributed by atoms with Crippen LogP contribution in [0.15, 0.2) is 60.7 Å². The fourth-order valence-electron chi connectivity index (χ4n) is 1.96. The molecule has 5 heteroatoms. The van der Waals surface area contributed by atoms with Crippen LogP contribution in [0.25, 0.3) is 0 Å². The van der Waals surface area contributed by atoms with Gasteiger partial charge in [-0.3, -0.25) is 9.32 Å². The largest absolute Gasteiger partial charge is 0.333 e. The molecule has 0 spiro atoms. The van der Waals surface area contributed by atoms with Gasteiger partial charge < -0.3 is 9.05 Å². The van der Waals surface area contributed by atoms with Gasteiger partial charge in [0.2, 0.25) is 0 Å². The van der Waals surface area contributed by atoms with Gasteiger partial charge in [0, 0.05) is 12.7 Å². The second-order valence-corrected chi connectivity index (χ2v) is 5.73. The van der Waals surface area contributed by atoms with Gasteiger partial charge in [-0.2, -0.15) is 0 Å².